The summed E-state index contributed by atoms with van der Waals surface area (Å²) in [6, 6.07) is 12.5. The zero-order valence-electron chi connectivity index (χ0n) is 15.5. The predicted octanol–water partition coefficient (Wildman–Crippen LogP) is 1.79. The Hall–Kier alpha value is -3.22. The fourth-order valence-corrected chi connectivity index (χ4v) is 3.02. The Bertz CT molecular complexity index is 852. The van der Waals surface area contributed by atoms with Crippen LogP contribution in [0.5, 0.6) is 17.2 Å². The third-order valence-corrected chi connectivity index (χ3v) is 4.45. The fraction of sp³-hybridized carbons (Fsp3) is 0.300. The van der Waals surface area contributed by atoms with Crippen molar-refractivity contribution in [3.05, 3.63) is 48.0 Å². The zero-order chi connectivity index (χ0) is 19.4. The summed E-state index contributed by atoms with van der Waals surface area (Å²) in [5.74, 6) is 1.31. The van der Waals surface area contributed by atoms with Crippen molar-refractivity contribution in [3.63, 3.8) is 0 Å². The van der Waals surface area contributed by atoms with Gasteiger partial charge in [-0.05, 0) is 18.2 Å². The van der Waals surface area contributed by atoms with Crippen molar-refractivity contribution < 1.29 is 23.8 Å². The van der Waals surface area contributed by atoms with E-state index in [4.69, 9.17) is 14.2 Å². The van der Waals surface area contributed by atoms with Gasteiger partial charge in [0.05, 0.1) is 32.9 Å². The van der Waals surface area contributed by atoms with Crippen LogP contribution in [0.15, 0.2) is 42.5 Å². The van der Waals surface area contributed by atoms with Crippen LogP contribution in [0.25, 0.3) is 0 Å². The lowest BCUT2D eigenvalue weighted by atomic mass is 10.1. The van der Waals surface area contributed by atoms with Gasteiger partial charge in [-0.1, -0.05) is 18.2 Å². The van der Waals surface area contributed by atoms with Crippen molar-refractivity contribution in [1.29, 1.82) is 0 Å². The average Bonchev–Trinajstić information content (AvgIpc) is 2.72. The van der Waals surface area contributed by atoms with Crippen molar-refractivity contribution in [1.82, 2.24) is 5.32 Å². The number of fused-ring (bicyclic) bond motifs is 1. The molecule has 2 aromatic rings. The number of anilines is 1. The minimum Gasteiger partial charge on any atom is -0.497 e. The Balaban J connectivity index is 1.88. The second-order valence-electron chi connectivity index (χ2n) is 6.05. The Labute approximate surface area is 157 Å². The molecule has 0 aliphatic carbocycles. The summed E-state index contributed by atoms with van der Waals surface area (Å²) in [6.07, 6.45) is -0.631. The smallest absolute Gasteiger partial charge is 0.262 e. The molecule has 0 saturated heterocycles. The number of para-hydroxylation sites is 2. The molecule has 7 nitrogen and oxygen atoms in total. The summed E-state index contributed by atoms with van der Waals surface area (Å²) >= 11 is 0. The van der Waals surface area contributed by atoms with E-state index in [1.807, 2.05) is 6.07 Å². The molecule has 0 aromatic heterocycles. The van der Waals surface area contributed by atoms with E-state index in [0.717, 1.165) is 5.56 Å². The summed E-state index contributed by atoms with van der Waals surface area (Å²) in [7, 11) is 4.66. The maximum absolute atomic E-state index is 13.1. The van der Waals surface area contributed by atoms with Gasteiger partial charge >= 0.3 is 0 Å². The second-order valence-corrected chi connectivity index (χ2v) is 6.05. The predicted molar refractivity (Wildman–Crippen MR) is 101 cm³/mol. The molecule has 1 N–H and O–H groups in total. The number of likely N-dealkylation sites (N-methyl/N-ethyl adjacent to an activating group) is 1. The van der Waals surface area contributed by atoms with Crippen LogP contribution in [0, 0.1) is 0 Å². The number of carbonyl (C=O) groups excluding carboxylic acids is 2. The van der Waals surface area contributed by atoms with Gasteiger partial charge in [0.1, 0.15) is 17.2 Å². The van der Waals surface area contributed by atoms with E-state index in [9.17, 15) is 9.59 Å². The molecule has 2 aromatic carbocycles. The van der Waals surface area contributed by atoms with Crippen molar-refractivity contribution in [2.24, 2.45) is 0 Å². The first kappa shape index (κ1) is 18.6. The van der Waals surface area contributed by atoms with Gasteiger partial charge in [-0.25, -0.2) is 0 Å². The molecule has 0 saturated carbocycles. The van der Waals surface area contributed by atoms with Gasteiger partial charge in [0.2, 0.25) is 5.91 Å². The molecular formula is C20H22N2O5. The van der Waals surface area contributed by atoms with Crippen molar-refractivity contribution >= 4 is 17.5 Å². The lowest BCUT2D eigenvalue weighted by molar-refractivity contribution is -0.127. The molecule has 0 bridgehead atoms. The number of amides is 2. The summed E-state index contributed by atoms with van der Waals surface area (Å²) < 4.78 is 16.3. The minimum absolute atomic E-state index is 0.127. The quantitative estimate of drug-likeness (QED) is 0.868. The molecule has 1 heterocycles. The third-order valence-electron chi connectivity index (χ3n) is 4.45. The number of carbonyl (C=O) groups is 2. The Kier molecular flexibility index (Phi) is 5.49. The summed E-state index contributed by atoms with van der Waals surface area (Å²) in [5, 5.41) is 2.57. The van der Waals surface area contributed by atoms with Gasteiger partial charge < -0.3 is 24.4 Å². The van der Waals surface area contributed by atoms with Crippen molar-refractivity contribution in [2.45, 2.75) is 12.5 Å². The summed E-state index contributed by atoms with van der Waals surface area (Å²) in [6.45, 7) is 0.147. The van der Waals surface area contributed by atoms with E-state index in [1.54, 1.807) is 62.6 Å². The fourth-order valence-electron chi connectivity index (χ4n) is 3.02. The van der Waals surface area contributed by atoms with Gasteiger partial charge in [0.15, 0.2) is 6.10 Å². The molecule has 27 heavy (non-hydrogen) atoms. The number of rotatable bonds is 5. The summed E-state index contributed by atoms with van der Waals surface area (Å²) in [5.41, 5.74) is 1.39. The summed E-state index contributed by atoms with van der Waals surface area (Å²) in [4.78, 5) is 26.7. The maximum atomic E-state index is 13.1. The van der Waals surface area contributed by atoms with Gasteiger partial charge in [0, 0.05) is 18.7 Å². The molecule has 0 spiro atoms. The van der Waals surface area contributed by atoms with E-state index in [0.29, 0.717) is 22.9 Å². The highest BCUT2D eigenvalue weighted by molar-refractivity contribution is 5.98. The Morgan fingerprint density at radius 1 is 1.19 bits per heavy atom. The molecule has 1 atom stereocenters. The third kappa shape index (κ3) is 3.81. The molecule has 7 heteroatoms. The van der Waals surface area contributed by atoms with Crippen LogP contribution >= 0.6 is 0 Å². The maximum Gasteiger partial charge on any atom is 0.262 e. The molecule has 142 valence electrons. The number of nitrogens with zero attached hydrogens (tertiary/aromatic N) is 1. The molecule has 1 aliphatic heterocycles. The Morgan fingerprint density at radius 3 is 2.67 bits per heavy atom. The highest BCUT2D eigenvalue weighted by Gasteiger charge is 2.33. The highest BCUT2D eigenvalue weighted by Crippen LogP contribution is 2.34. The first-order valence-corrected chi connectivity index (χ1v) is 8.56. The van der Waals surface area contributed by atoms with Gasteiger partial charge in [0.25, 0.3) is 5.91 Å². The SMILES string of the molecule is CNC(=O)C1CN(C(=O)Cc2ccc(OC)cc2OC)c2ccccc2O1. The van der Waals surface area contributed by atoms with Crippen LogP contribution in [-0.4, -0.2) is 45.7 Å². The number of methoxy groups -OCH3 is 2. The first-order chi connectivity index (χ1) is 13.1. The van der Waals surface area contributed by atoms with Crippen LogP contribution in [0.4, 0.5) is 5.69 Å². The number of ether oxygens (including phenoxy) is 3. The monoisotopic (exact) mass is 370 g/mol. The molecule has 0 fully saturated rings. The van der Waals surface area contributed by atoms with E-state index in [2.05, 4.69) is 5.32 Å². The van der Waals surface area contributed by atoms with Crippen molar-refractivity contribution in [3.8, 4) is 17.2 Å². The molecule has 0 radical (unpaired) electrons. The van der Waals surface area contributed by atoms with Crippen LogP contribution < -0.4 is 24.4 Å². The largest absolute Gasteiger partial charge is 0.497 e. The van der Waals surface area contributed by atoms with E-state index >= 15 is 0 Å². The van der Waals surface area contributed by atoms with Crippen LogP contribution in [-0.2, 0) is 16.0 Å². The molecule has 1 aliphatic rings. The topological polar surface area (TPSA) is 77.1 Å². The second kappa shape index (κ2) is 7.99. The highest BCUT2D eigenvalue weighted by atomic mass is 16.5. The van der Waals surface area contributed by atoms with E-state index < -0.39 is 6.10 Å². The molecular weight excluding hydrogens is 348 g/mol. The van der Waals surface area contributed by atoms with E-state index in [-0.39, 0.29) is 24.8 Å². The lowest BCUT2D eigenvalue weighted by Gasteiger charge is -2.34. The van der Waals surface area contributed by atoms with Gasteiger partial charge in [-0.15, -0.1) is 0 Å². The zero-order valence-corrected chi connectivity index (χ0v) is 15.5. The van der Waals surface area contributed by atoms with Crippen molar-refractivity contribution in [2.75, 3.05) is 32.7 Å². The Morgan fingerprint density at radius 2 is 1.96 bits per heavy atom. The van der Waals surface area contributed by atoms with Crippen LogP contribution in [0.1, 0.15) is 5.56 Å². The van der Waals surface area contributed by atoms with Crippen LogP contribution in [0.2, 0.25) is 0 Å². The lowest BCUT2D eigenvalue weighted by Crippen LogP contribution is -2.50. The molecule has 1 unspecified atom stereocenters. The number of benzene rings is 2. The number of hydrogen-bond acceptors (Lipinski definition) is 5. The number of nitrogens with one attached hydrogen (secondary N) is 1. The van der Waals surface area contributed by atoms with Gasteiger partial charge in [-0.3, -0.25) is 9.59 Å². The van der Waals surface area contributed by atoms with Crippen LogP contribution in [0.3, 0.4) is 0 Å². The molecule has 2 amide bonds. The minimum atomic E-state index is -0.758. The molecule has 3 rings (SSSR count). The van der Waals surface area contributed by atoms with E-state index in [1.165, 1.54) is 0 Å². The number of hydrogen-bond donors (Lipinski definition) is 1. The first-order valence-electron chi connectivity index (χ1n) is 8.56. The normalized spacial score (nSPS) is 15.4. The standard InChI is InChI=1S/C20H22N2O5/c1-21-20(24)18-12-22(15-6-4-5-7-16(15)27-18)19(23)10-13-8-9-14(25-2)11-17(13)26-3/h4-9,11,18H,10,12H2,1-3H3,(H,21,24). The average molecular weight is 370 g/mol. The van der Waals surface area contributed by atoms with Gasteiger partial charge in [-0.2, -0.15) is 0 Å².